The number of carbonyl (C=O) groups is 2. The number of ketones is 1. The topological polar surface area (TPSA) is 79.2 Å². The average Bonchev–Trinajstić information content (AvgIpc) is 3.29. The molecule has 0 unspecified atom stereocenters. The van der Waals surface area contributed by atoms with E-state index in [1.54, 1.807) is 0 Å². The third-order valence-electron chi connectivity index (χ3n) is 5.62. The van der Waals surface area contributed by atoms with Gasteiger partial charge in [-0.3, -0.25) is 14.7 Å². The van der Waals surface area contributed by atoms with Gasteiger partial charge in [0.2, 0.25) is 0 Å². The second-order valence-corrected chi connectivity index (χ2v) is 7.69. The molecule has 1 aliphatic carbocycles. The number of furan rings is 1. The van der Waals surface area contributed by atoms with Gasteiger partial charge in [-0.1, -0.05) is 13.8 Å². The second-order valence-electron chi connectivity index (χ2n) is 7.69. The number of amides is 1. The van der Waals surface area contributed by atoms with Crippen LogP contribution < -0.4 is 0 Å². The van der Waals surface area contributed by atoms with Crippen molar-refractivity contribution >= 4 is 11.7 Å². The summed E-state index contributed by atoms with van der Waals surface area (Å²) in [5.74, 6) is 1.46. The molecule has 4 rings (SSSR count). The second kappa shape index (κ2) is 6.74. The first-order valence-corrected chi connectivity index (χ1v) is 9.52. The summed E-state index contributed by atoms with van der Waals surface area (Å²) in [6.07, 6.45) is 5.34. The van der Waals surface area contributed by atoms with Crippen molar-refractivity contribution in [1.82, 2.24) is 15.1 Å². The lowest BCUT2D eigenvalue weighted by Gasteiger charge is -2.31. The molecule has 1 N–H and O–H groups in total. The number of hydrogen-bond donors (Lipinski definition) is 1. The van der Waals surface area contributed by atoms with E-state index in [4.69, 9.17) is 4.42 Å². The zero-order valence-corrected chi connectivity index (χ0v) is 15.4. The molecule has 6 heteroatoms. The molecule has 0 spiro atoms. The third-order valence-corrected chi connectivity index (χ3v) is 5.62. The highest BCUT2D eigenvalue weighted by atomic mass is 16.3. The minimum Gasteiger partial charge on any atom is -0.468 e. The molecule has 3 heterocycles. The molecule has 0 saturated carbocycles. The normalized spacial score (nSPS) is 18.4. The van der Waals surface area contributed by atoms with Gasteiger partial charge in [-0.25, -0.2) is 0 Å². The lowest BCUT2D eigenvalue weighted by Crippen LogP contribution is -2.38. The molecular weight excluding hydrogens is 330 g/mol. The van der Waals surface area contributed by atoms with Crippen molar-refractivity contribution < 1.29 is 14.0 Å². The van der Waals surface area contributed by atoms with Gasteiger partial charge in [0.1, 0.15) is 12.0 Å². The van der Waals surface area contributed by atoms with Gasteiger partial charge in [-0.05, 0) is 31.2 Å². The molecule has 2 aromatic heterocycles. The number of nitrogens with one attached hydrogen (secondary N) is 1. The number of H-pyrrole nitrogens is 1. The first kappa shape index (κ1) is 17.1. The van der Waals surface area contributed by atoms with Crippen molar-refractivity contribution in [2.24, 2.45) is 0 Å². The van der Waals surface area contributed by atoms with E-state index in [2.05, 4.69) is 30.1 Å². The van der Waals surface area contributed by atoms with Crippen LogP contribution in [-0.4, -0.2) is 39.9 Å². The number of piperidine rings is 1. The fourth-order valence-electron chi connectivity index (χ4n) is 4.00. The lowest BCUT2D eigenvalue weighted by atomic mass is 9.91. The largest absolute Gasteiger partial charge is 0.468 e. The van der Waals surface area contributed by atoms with Crippen LogP contribution in [0.3, 0.4) is 0 Å². The van der Waals surface area contributed by atoms with Crippen molar-refractivity contribution in [2.75, 3.05) is 13.1 Å². The van der Waals surface area contributed by atoms with Crippen LogP contribution in [0.1, 0.15) is 89.2 Å². The van der Waals surface area contributed by atoms with Crippen LogP contribution >= 0.6 is 0 Å². The summed E-state index contributed by atoms with van der Waals surface area (Å²) >= 11 is 0. The Labute approximate surface area is 152 Å². The number of aromatic nitrogens is 2. The van der Waals surface area contributed by atoms with E-state index < -0.39 is 0 Å². The highest BCUT2D eigenvalue weighted by molar-refractivity contribution is 6.09. The Balaban J connectivity index is 1.44. The van der Waals surface area contributed by atoms with Gasteiger partial charge < -0.3 is 9.32 Å². The number of Topliss-reactive ketones (excluding diaryl/α,β-unsaturated/α-hetero) is 1. The molecule has 1 saturated heterocycles. The summed E-state index contributed by atoms with van der Waals surface area (Å²) in [6.45, 7) is 5.64. The van der Waals surface area contributed by atoms with Crippen molar-refractivity contribution in [1.29, 1.82) is 0 Å². The van der Waals surface area contributed by atoms with Crippen molar-refractivity contribution in [2.45, 2.75) is 57.8 Å². The molecule has 0 radical (unpaired) electrons. The molecule has 6 nitrogen and oxygen atoms in total. The van der Waals surface area contributed by atoms with Gasteiger partial charge >= 0.3 is 0 Å². The number of likely N-dealkylation sites (tertiary alicyclic amines) is 1. The van der Waals surface area contributed by atoms with Crippen LogP contribution in [0.4, 0.5) is 0 Å². The minimum atomic E-state index is -0.0730. The van der Waals surface area contributed by atoms with Crippen LogP contribution in [0.15, 0.2) is 16.7 Å². The van der Waals surface area contributed by atoms with E-state index in [0.29, 0.717) is 48.2 Å². The Morgan fingerprint density at radius 2 is 2.08 bits per heavy atom. The molecule has 26 heavy (non-hydrogen) atoms. The molecule has 2 aliphatic rings. The molecule has 0 atom stereocenters. The summed E-state index contributed by atoms with van der Waals surface area (Å²) in [4.78, 5) is 27.0. The van der Waals surface area contributed by atoms with Crippen molar-refractivity contribution in [3.8, 4) is 0 Å². The summed E-state index contributed by atoms with van der Waals surface area (Å²) in [7, 11) is 0. The Morgan fingerprint density at radius 3 is 2.77 bits per heavy atom. The fourth-order valence-corrected chi connectivity index (χ4v) is 4.00. The maximum Gasteiger partial charge on any atom is 0.257 e. The van der Waals surface area contributed by atoms with E-state index >= 15 is 0 Å². The van der Waals surface area contributed by atoms with E-state index in [-0.39, 0.29) is 11.7 Å². The van der Waals surface area contributed by atoms with Crippen LogP contribution in [0.2, 0.25) is 0 Å². The minimum absolute atomic E-state index is 0.0388. The van der Waals surface area contributed by atoms with Crippen LogP contribution in [0, 0.1) is 0 Å². The molecule has 0 bridgehead atoms. The summed E-state index contributed by atoms with van der Waals surface area (Å²) in [6, 6.07) is 2.15. The number of aryl methyl sites for hydroxylation is 1. The van der Waals surface area contributed by atoms with Gasteiger partial charge in [-0.15, -0.1) is 0 Å². The Morgan fingerprint density at radius 1 is 1.31 bits per heavy atom. The fraction of sp³-hybridized carbons (Fsp3) is 0.550. The molecule has 1 amide bonds. The summed E-state index contributed by atoms with van der Waals surface area (Å²) in [5.41, 5.74) is 3.23. The van der Waals surface area contributed by atoms with Crippen LogP contribution in [0.25, 0.3) is 0 Å². The average molecular weight is 355 g/mol. The Bertz CT molecular complexity index is 825. The molecule has 0 aromatic carbocycles. The first-order valence-electron chi connectivity index (χ1n) is 9.52. The van der Waals surface area contributed by atoms with E-state index in [1.165, 1.54) is 6.26 Å². The molecule has 1 fully saturated rings. The Hall–Kier alpha value is -2.37. The highest BCUT2D eigenvalue weighted by Gasteiger charge is 2.32. The maximum atomic E-state index is 12.9. The van der Waals surface area contributed by atoms with Gasteiger partial charge in [0, 0.05) is 37.5 Å². The monoisotopic (exact) mass is 355 g/mol. The predicted molar refractivity (Wildman–Crippen MR) is 96.5 cm³/mol. The smallest absolute Gasteiger partial charge is 0.257 e. The van der Waals surface area contributed by atoms with Crippen LogP contribution in [-0.2, 0) is 6.42 Å². The van der Waals surface area contributed by atoms with Gasteiger partial charge in [0.05, 0.1) is 16.8 Å². The number of nitrogens with zero attached hydrogens (tertiary/aromatic N) is 2. The standard InChI is InChI=1S/C20H25N3O3/c1-12(2)15-10-16(22-21-15)13-6-8-23(9-7-13)20(25)14-11-26-18-5-3-4-17(24)19(14)18/h10-13H,3-9H2,1-2H3,(H,21,22). The van der Waals surface area contributed by atoms with Crippen molar-refractivity contribution in [3.63, 3.8) is 0 Å². The molecular formula is C20H25N3O3. The number of fused-ring (bicyclic) bond motifs is 1. The maximum absolute atomic E-state index is 12.9. The first-order chi connectivity index (χ1) is 12.5. The number of aromatic amines is 1. The number of carbonyl (C=O) groups excluding carboxylic acids is 2. The van der Waals surface area contributed by atoms with Crippen molar-refractivity contribution in [3.05, 3.63) is 40.6 Å². The molecule has 2 aromatic rings. The lowest BCUT2D eigenvalue weighted by molar-refractivity contribution is 0.0707. The summed E-state index contributed by atoms with van der Waals surface area (Å²) < 4.78 is 5.50. The molecule has 138 valence electrons. The zero-order valence-electron chi connectivity index (χ0n) is 15.4. The molecule has 1 aliphatic heterocycles. The van der Waals surface area contributed by atoms with E-state index in [9.17, 15) is 9.59 Å². The number of rotatable bonds is 3. The SMILES string of the molecule is CC(C)c1cc(C2CCN(C(=O)c3coc4c3C(=O)CCC4)CC2)[nH]n1. The van der Waals surface area contributed by atoms with E-state index in [1.807, 2.05) is 4.90 Å². The van der Waals surface area contributed by atoms with Gasteiger partial charge in [0.25, 0.3) is 5.91 Å². The third kappa shape index (κ3) is 2.97. The van der Waals surface area contributed by atoms with Gasteiger partial charge in [-0.2, -0.15) is 5.10 Å². The van der Waals surface area contributed by atoms with Gasteiger partial charge in [0.15, 0.2) is 5.78 Å². The Kier molecular flexibility index (Phi) is 4.42. The van der Waals surface area contributed by atoms with E-state index in [0.717, 1.165) is 37.1 Å². The number of hydrogen-bond acceptors (Lipinski definition) is 4. The van der Waals surface area contributed by atoms with Crippen LogP contribution in [0.5, 0.6) is 0 Å². The zero-order chi connectivity index (χ0) is 18.3. The summed E-state index contributed by atoms with van der Waals surface area (Å²) in [5, 5.41) is 7.55. The predicted octanol–water partition coefficient (Wildman–Crippen LogP) is 3.66. The quantitative estimate of drug-likeness (QED) is 0.911. The highest BCUT2D eigenvalue weighted by Crippen LogP contribution is 2.31.